The van der Waals surface area contributed by atoms with E-state index in [9.17, 15) is 0 Å². The van der Waals surface area contributed by atoms with E-state index in [0.29, 0.717) is 0 Å². The Hall–Kier alpha value is 0.620. The van der Waals surface area contributed by atoms with Gasteiger partial charge >= 0.3 is 0 Å². The Balaban J connectivity index is 1.82. The molecule has 0 aromatic carbocycles. The summed E-state index contributed by atoms with van der Waals surface area (Å²) in [5.74, 6) is 2.85. The second-order valence-corrected chi connectivity index (χ2v) is 7.54. The van der Waals surface area contributed by atoms with Crippen molar-refractivity contribution in [1.29, 1.82) is 0 Å². The molecule has 2 saturated heterocycles. The third kappa shape index (κ3) is 1.92. The number of fused-ring (bicyclic) bond motifs is 1. The average molecular weight is 207 g/mol. The summed E-state index contributed by atoms with van der Waals surface area (Å²) in [7, 11) is -0.0510. The normalized spacial score (nSPS) is 40.0. The third-order valence-electron chi connectivity index (χ3n) is 2.72. The smallest absolute Gasteiger partial charge is 0.0510 e. The molecule has 2 aliphatic rings. The molecule has 0 aromatic rings. The molecular formula is C8H17NOS2. The third-order valence-corrected chi connectivity index (χ3v) is 3.91. The maximum Gasteiger partial charge on any atom is 0.0510 e. The second-order valence-electron chi connectivity index (χ2n) is 3.89. The Kier molecular flexibility index (Phi) is 2.89. The molecule has 12 heavy (non-hydrogen) atoms. The molecule has 2 rings (SSSR count). The van der Waals surface area contributed by atoms with Gasteiger partial charge in [0.1, 0.15) is 0 Å². The summed E-state index contributed by atoms with van der Waals surface area (Å²) >= 11 is 4.47. The van der Waals surface area contributed by atoms with Crippen LogP contribution in [0.25, 0.3) is 0 Å². The van der Waals surface area contributed by atoms with Crippen molar-refractivity contribution in [3.63, 3.8) is 0 Å². The van der Waals surface area contributed by atoms with E-state index in [4.69, 9.17) is 4.74 Å². The molecule has 0 saturated carbocycles. The van der Waals surface area contributed by atoms with E-state index in [0.717, 1.165) is 25.0 Å². The molecule has 2 aliphatic heterocycles. The van der Waals surface area contributed by atoms with Crippen molar-refractivity contribution in [2.75, 3.05) is 38.4 Å². The van der Waals surface area contributed by atoms with Crippen LogP contribution in [-0.4, -0.2) is 43.3 Å². The van der Waals surface area contributed by atoms with Crippen LogP contribution < -0.4 is 0 Å². The number of likely N-dealkylation sites (tertiary alicyclic amines) is 1. The number of hydrogen-bond donors (Lipinski definition) is 2. The van der Waals surface area contributed by atoms with E-state index >= 15 is 0 Å². The fourth-order valence-corrected chi connectivity index (χ4v) is 3.54. The minimum Gasteiger partial charge on any atom is -0.381 e. The van der Waals surface area contributed by atoms with Gasteiger partial charge in [-0.15, -0.1) is 11.7 Å². The Morgan fingerprint density at radius 1 is 1.42 bits per heavy atom. The predicted octanol–water partition coefficient (Wildman–Crippen LogP) is 0.998. The van der Waals surface area contributed by atoms with Crippen LogP contribution >= 0.6 is 21.6 Å². The minimum absolute atomic E-state index is 0.0510. The predicted molar refractivity (Wildman–Crippen MR) is 58.1 cm³/mol. The molecule has 0 amide bonds. The van der Waals surface area contributed by atoms with Crippen LogP contribution in [0.5, 0.6) is 0 Å². The Bertz CT molecular complexity index is 153. The van der Waals surface area contributed by atoms with E-state index < -0.39 is 0 Å². The van der Waals surface area contributed by atoms with Gasteiger partial charge in [0.25, 0.3) is 0 Å². The number of rotatable bonds is 2. The van der Waals surface area contributed by atoms with Crippen LogP contribution in [0, 0.1) is 11.8 Å². The lowest BCUT2D eigenvalue weighted by Gasteiger charge is -2.20. The van der Waals surface area contributed by atoms with Gasteiger partial charge < -0.3 is 4.74 Å². The first-order valence-electron chi connectivity index (χ1n) is 4.46. The highest BCUT2D eigenvalue weighted by Crippen LogP contribution is 2.33. The second kappa shape index (κ2) is 3.78. The molecule has 2 heterocycles. The van der Waals surface area contributed by atoms with Crippen LogP contribution in [0.2, 0.25) is 0 Å². The molecule has 4 heteroatoms. The SMILES string of the molecule is C[SH](S)CN1CC2COCC2C1. The van der Waals surface area contributed by atoms with Crippen molar-refractivity contribution >= 4 is 21.6 Å². The summed E-state index contributed by atoms with van der Waals surface area (Å²) in [6.07, 6.45) is 2.23. The monoisotopic (exact) mass is 207 g/mol. The molecule has 2 nitrogen and oxygen atoms in total. The molecule has 0 aliphatic carbocycles. The van der Waals surface area contributed by atoms with Crippen molar-refractivity contribution in [3.05, 3.63) is 0 Å². The molecule has 0 radical (unpaired) electrons. The van der Waals surface area contributed by atoms with E-state index in [1.165, 1.54) is 19.0 Å². The summed E-state index contributed by atoms with van der Waals surface area (Å²) in [5, 5.41) is 0. The van der Waals surface area contributed by atoms with E-state index in [1.807, 2.05) is 0 Å². The van der Waals surface area contributed by atoms with E-state index in [2.05, 4.69) is 22.8 Å². The van der Waals surface area contributed by atoms with Gasteiger partial charge in [0.2, 0.25) is 0 Å². The Morgan fingerprint density at radius 3 is 2.50 bits per heavy atom. The standard InChI is InChI=1S/C8H17NOS2/c1-12(11)6-9-2-7-4-10-5-8(7)3-9/h7-8,11-12H,2-6H2,1H3. The number of hydrogen-bond acceptors (Lipinski definition) is 3. The summed E-state index contributed by atoms with van der Waals surface area (Å²) in [5.41, 5.74) is 0. The van der Waals surface area contributed by atoms with Crippen LogP contribution in [0.3, 0.4) is 0 Å². The highest BCUT2D eigenvalue weighted by molar-refractivity contribution is 8.77. The van der Waals surface area contributed by atoms with Gasteiger partial charge in [0, 0.05) is 30.8 Å². The molecule has 72 valence electrons. The number of thiol groups is 2. The largest absolute Gasteiger partial charge is 0.381 e. The van der Waals surface area contributed by atoms with Crippen LogP contribution in [-0.2, 0) is 4.74 Å². The van der Waals surface area contributed by atoms with Gasteiger partial charge in [0.15, 0.2) is 0 Å². The van der Waals surface area contributed by atoms with Crippen molar-refractivity contribution in [1.82, 2.24) is 4.90 Å². The highest BCUT2D eigenvalue weighted by atomic mass is 33.1. The van der Waals surface area contributed by atoms with E-state index in [-0.39, 0.29) is 9.93 Å². The highest BCUT2D eigenvalue weighted by Gasteiger charge is 2.36. The number of ether oxygens (including phenoxy) is 1. The van der Waals surface area contributed by atoms with Gasteiger partial charge in [-0.05, 0) is 6.26 Å². The van der Waals surface area contributed by atoms with Gasteiger partial charge in [-0.2, -0.15) is 9.93 Å². The molecule has 0 bridgehead atoms. The van der Waals surface area contributed by atoms with Crippen LogP contribution in [0.1, 0.15) is 0 Å². The van der Waals surface area contributed by atoms with Gasteiger partial charge in [0.05, 0.1) is 13.2 Å². The molecule has 3 unspecified atom stereocenters. The summed E-state index contributed by atoms with van der Waals surface area (Å²) in [4.78, 5) is 2.55. The Morgan fingerprint density at radius 2 is 2.00 bits per heavy atom. The van der Waals surface area contributed by atoms with Crippen molar-refractivity contribution in [3.8, 4) is 0 Å². The maximum absolute atomic E-state index is 5.42. The lowest BCUT2D eigenvalue weighted by molar-refractivity contribution is 0.159. The summed E-state index contributed by atoms with van der Waals surface area (Å²) in [6, 6.07) is 0. The van der Waals surface area contributed by atoms with Crippen molar-refractivity contribution < 1.29 is 4.74 Å². The molecule has 2 fully saturated rings. The summed E-state index contributed by atoms with van der Waals surface area (Å²) < 4.78 is 5.42. The zero-order valence-electron chi connectivity index (χ0n) is 7.44. The molecule has 3 atom stereocenters. The first kappa shape index (κ1) is 9.19. The lowest BCUT2D eigenvalue weighted by atomic mass is 10.0. The van der Waals surface area contributed by atoms with Crippen molar-refractivity contribution in [2.24, 2.45) is 11.8 Å². The zero-order chi connectivity index (χ0) is 8.55. The fourth-order valence-electron chi connectivity index (χ4n) is 2.19. The van der Waals surface area contributed by atoms with Crippen LogP contribution in [0.4, 0.5) is 0 Å². The number of nitrogens with zero attached hydrogens (tertiary/aromatic N) is 1. The quantitative estimate of drug-likeness (QED) is 0.518. The van der Waals surface area contributed by atoms with Crippen LogP contribution in [0.15, 0.2) is 0 Å². The Labute approximate surface area is 81.8 Å². The first-order chi connectivity index (χ1) is 5.75. The molecule has 0 aromatic heterocycles. The zero-order valence-corrected chi connectivity index (χ0v) is 9.23. The lowest BCUT2D eigenvalue weighted by Crippen LogP contribution is -2.23. The summed E-state index contributed by atoms with van der Waals surface area (Å²) in [6.45, 7) is 4.49. The topological polar surface area (TPSA) is 12.5 Å². The van der Waals surface area contributed by atoms with Gasteiger partial charge in [-0.25, -0.2) is 0 Å². The maximum atomic E-state index is 5.42. The molecule has 0 spiro atoms. The average Bonchev–Trinajstić information content (AvgIpc) is 2.43. The van der Waals surface area contributed by atoms with Crippen molar-refractivity contribution in [2.45, 2.75) is 0 Å². The fraction of sp³-hybridized carbons (Fsp3) is 1.00. The molecule has 0 N–H and O–H groups in total. The van der Waals surface area contributed by atoms with Gasteiger partial charge in [-0.3, -0.25) is 4.90 Å². The van der Waals surface area contributed by atoms with Gasteiger partial charge in [-0.1, -0.05) is 0 Å². The minimum atomic E-state index is -0.0510. The molecular weight excluding hydrogens is 190 g/mol. The first-order valence-corrected chi connectivity index (χ1v) is 7.58. The van der Waals surface area contributed by atoms with E-state index in [1.54, 1.807) is 0 Å².